The van der Waals surface area contributed by atoms with E-state index in [0.29, 0.717) is 43.8 Å². The fraction of sp³-hybridized carbons (Fsp3) is 0.583. The minimum atomic E-state index is -4.61. The number of halogens is 3. The maximum atomic E-state index is 12.5. The highest BCUT2D eigenvalue weighted by molar-refractivity contribution is 5.91. The molecule has 0 bridgehead atoms. The summed E-state index contributed by atoms with van der Waals surface area (Å²) in [6.45, 7) is 3.52. The van der Waals surface area contributed by atoms with Crippen molar-refractivity contribution in [2.24, 2.45) is 7.05 Å². The molecule has 12 heteroatoms. The van der Waals surface area contributed by atoms with Gasteiger partial charge in [-0.15, -0.1) is 0 Å². The van der Waals surface area contributed by atoms with Gasteiger partial charge in [0.2, 0.25) is 0 Å². The van der Waals surface area contributed by atoms with Crippen LogP contribution in [-0.4, -0.2) is 66.6 Å². The minimum absolute atomic E-state index is 0.0680. The molecule has 3 aromatic rings. The number of aryl methyl sites for hydroxylation is 2. The summed E-state index contributed by atoms with van der Waals surface area (Å²) in [7, 11) is 1.90. The molecule has 1 aliphatic rings. The molecule has 1 aromatic carbocycles. The molecule has 2 unspecified atom stereocenters. The van der Waals surface area contributed by atoms with Crippen LogP contribution in [0.25, 0.3) is 11.0 Å². The highest BCUT2D eigenvalue weighted by Gasteiger charge is 2.38. The topological polar surface area (TPSA) is 109 Å². The number of hydrogen-bond donors (Lipinski definition) is 4. The third-order valence-electron chi connectivity index (χ3n) is 6.44. The molecule has 0 spiro atoms. The van der Waals surface area contributed by atoms with E-state index in [1.807, 2.05) is 36.7 Å². The third-order valence-corrected chi connectivity index (χ3v) is 6.44. The Labute approximate surface area is 207 Å². The number of alkyl halides is 3. The van der Waals surface area contributed by atoms with Crippen LogP contribution >= 0.6 is 0 Å². The van der Waals surface area contributed by atoms with Crippen LogP contribution in [0.15, 0.2) is 24.5 Å². The number of hydrogen-bond acceptors (Lipinski definition) is 7. The smallest absolute Gasteiger partial charge is 0.415 e. The van der Waals surface area contributed by atoms with Gasteiger partial charge in [-0.1, -0.05) is 0 Å². The Morgan fingerprint density at radius 3 is 2.56 bits per heavy atom. The quantitative estimate of drug-likeness (QED) is 0.349. The summed E-state index contributed by atoms with van der Waals surface area (Å²) in [6, 6.07) is 5.62. The Hall–Kier alpha value is -2.83. The van der Waals surface area contributed by atoms with Gasteiger partial charge in [0.15, 0.2) is 11.9 Å². The van der Waals surface area contributed by atoms with Crippen LogP contribution in [0.5, 0.6) is 5.75 Å². The number of rotatable bonds is 9. The van der Waals surface area contributed by atoms with Crippen LogP contribution in [0.1, 0.15) is 38.3 Å². The fourth-order valence-corrected chi connectivity index (χ4v) is 4.48. The lowest BCUT2D eigenvalue weighted by Crippen LogP contribution is -2.44. The Kier molecular flexibility index (Phi) is 7.76. The Balaban J connectivity index is 1.42. The number of aliphatic hydroxyl groups is 2. The van der Waals surface area contributed by atoms with Crippen molar-refractivity contribution in [3.8, 4) is 5.75 Å². The zero-order valence-electron chi connectivity index (χ0n) is 20.6. The van der Waals surface area contributed by atoms with Gasteiger partial charge in [0.1, 0.15) is 11.3 Å². The number of aliphatic hydroxyl groups excluding tert-OH is 2. The van der Waals surface area contributed by atoms with Crippen LogP contribution in [0, 0.1) is 6.92 Å². The molecule has 2 atom stereocenters. The SMILES string of the molecule is Cc1cc(Nc2cc(OC3CCC(NCC(O)C(F)(F)F)CC3)cc3c2ncn3C)nn1CC(C)O. The minimum Gasteiger partial charge on any atom is -0.490 e. The van der Waals surface area contributed by atoms with Gasteiger partial charge in [-0.05, 0) is 39.5 Å². The van der Waals surface area contributed by atoms with Gasteiger partial charge in [0.05, 0.1) is 36.3 Å². The maximum Gasteiger partial charge on any atom is 0.415 e. The molecule has 198 valence electrons. The van der Waals surface area contributed by atoms with Gasteiger partial charge >= 0.3 is 6.18 Å². The van der Waals surface area contributed by atoms with Crippen LogP contribution < -0.4 is 15.4 Å². The van der Waals surface area contributed by atoms with E-state index < -0.39 is 24.9 Å². The average molecular weight is 511 g/mol. The van der Waals surface area contributed by atoms with Crippen molar-refractivity contribution in [2.75, 3.05) is 11.9 Å². The van der Waals surface area contributed by atoms with Crippen molar-refractivity contribution in [2.45, 2.75) is 76.6 Å². The number of benzene rings is 1. The number of ether oxygens (including phenoxy) is 1. The molecule has 1 fully saturated rings. The van der Waals surface area contributed by atoms with E-state index in [0.717, 1.165) is 22.4 Å². The van der Waals surface area contributed by atoms with Crippen molar-refractivity contribution >= 4 is 22.5 Å². The van der Waals surface area contributed by atoms with Gasteiger partial charge < -0.3 is 30.2 Å². The Morgan fingerprint density at radius 2 is 1.89 bits per heavy atom. The molecule has 9 nitrogen and oxygen atoms in total. The predicted molar refractivity (Wildman–Crippen MR) is 129 cm³/mol. The number of aromatic nitrogens is 4. The molecule has 0 radical (unpaired) electrons. The van der Waals surface area contributed by atoms with Crippen molar-refractivity contribution in [3.63, 3.8) is 0 Å². The van der Waals surface area contributed by atoms with Crippen LogP contribution in [0.2, 0.25) is 0 Å². The highest BCUT2D eigenvalue weighted by Crippen LogP contribution is 2.33. The molecule has 4 rings (SSSR count). The second-order valence-corrected chi connectivity index (χ2v) is 9.58. The first-order chi connectivity index (χ1) is 17.0. The average Bonchev–Trinajstić information content (AvgIpc) is 3.34. The van der Waals surface area contributed by atoms with Gasteiger partial charge in [-0.25, -0.2) is 4.98 Å². The first-order valence-electron chi connectivity index (χ1n) is 12.1. The van der Waals surface area contributed by atoms with Crippen molar-refractivity contribution in [3.05, 3.63) is 30.2 Å². The first-order valence-corrected chi connectivity index (χ1v) is 12.1. The predicted octanol–water partition coefficient (Wildman–Crippen LogP) is 3.41. The molecule has 4 N–H and O–H groups in total. The van der Waals surface area contributed by atoms with E-state index in [-0.39, 0.29) is 12.1 Å². The second kappa shape index (κ2) is 10.7. The molecule has 36 heavy (non-hydrogen) atoms. The normalized spacial score (nSPS) is 20.4. The van der Waals surface area contributed by atoms with E-state index in [9.17, 15) is 23.4 Å². The van der Waals surface area contributed by atoms with E-state index >= 15 is 0 Å². The lowest BCUT2D eigenvalue weighted by atomic mass is 9.93. The van der Waals surface area contributed by atoms with Crippen molar-refractivity contribution in [1.29, 1.82) is 0 Å². The summed E-state index contributed by atoms with van der Waals surface area (Å²) >= 11 is 0. The number of nitrogens with one attached hydrogen (secondary N) is 2. The molecular formula is C24H33F3N6O3. The van der Waals surface area contributed by atoms with E-state index in [2.05, 4.69) is 20.7 Å². The van der Waals surface area contributed by atoms with Crippen LogP contribution in [0.3, 0.4) is 0 Å². The zero-order chi connectivity index (χ0) is 26.0. The first kappa shape index (κ1) is 26.2. The van der Waals surface area contributed by atoms with Crippen LogP contribution in [-0.2, 0) is 13.6 Å². The molecule has 0 saturated heterocycles. The lowest BCUT2D eigenvalue weighted by molar-refractivity contribution is -0.202. The molecule has 2 heterocycles. The standard InChI is InChI=1S/C24H33F3N6O3/c1-14-8-22(31-33(14)12-15(2)34)30-19-9-18(10-20-23(19)29-13-32(20)3)36-17-6-4-16(5-7-17)28-11-21(35)24(25,26)27/h8-10,13,15-17,21,28,34-35H,4-7,11-12H2,1-3H3,(H,30,31). The Bertz CT molecular complexity index is 1170. The summed E-state index contributed by atoms with van der Waals surface area (Å²) in [5, 5.41) is 29.6. The van der Waals surface area contributed by atoms with Gasteiger partial charge in [0, 0.05) is 43.5 Å². The van der Waals surface area contributed by atoms with E-state index in [1.54, 1.807) is 17.9 Å². The summed E-state index contributed by atoms with van der Waals surface area (Å²) in [4.78, 5) is 4.50. The maximum absolute atomic E-state index is 12.5. The van der Waals surface area contributed by atoms with E-state index in [4.69, 9.17) is 4.74 Å². The summed E-state index contributed by atoms with van der Waals surface area (Å²) < 4.78 is 47.5. The van der Waals surface area contributed by atoms with Crippen LogP contribution in [0.4, 0.5) is 24.7 Å². The summed E-state index contributed by atoms with van der Waals surface area (Å²) in [5.74, 6) is 1.29. The largest absolute Gasteiger partial charge is 0.490 e. The monoisotopic (exact) mass is 510 g/mol. The van der Waals surface area contributed by atoms with Gasteiger partial charge in [-0.2, -0.15) is 18.3 Å². The zero-order valence-corrected chi connectivity index (χ0v) is 20.6. The highest BCUT2D eigenvalue weighted by atomic mass is 19.4. The molecule has 0 amide bonds. The van der Waals surface area contributed by atoms with Gasteiger partial charge in [-0.3, -0.25) is 4.68 Å². The second-order valence-electron chi connectivity index (χ2n) is 9.58. The molecule has 2 aromatic heterocycles. The van der Waals surface area contributed by atoms with Gasteiger partial charge in [0.25, 0.3) is 0 Å². The summed E-state index contributed by atoms with van der Waals surface area (Å²) in [6.07, 6.45) is -3.13. The Morgan fingerprint density at radius 1 is 1.17 bits per heavy atom. The number of imidazole rings is 1. The molecule has 1 aliphatic carbocycles. The molecule has 1 saturated carbocycles. The van der Waals surface area contributed by atoms with Crippen molar-refractivity contribution < 1.29 is 28.1 Å². The number of fused-ring (bicyclic) bond motifs is 1. The number of anilines is 2. The van der Waals surface area contributed by atoms with Crippen molar-refractivity contribution in [1.82, 2.24) is 24.6 Å². The van der Waals surface area contributed by atoms with E-state index in [1.165, 1.54) is 0 Å². The lowest BCUT2D eigenvalue weighted by Gasteiger charge is -2.30. The number of nitrogens with zero attached hydrogens (tertiary/aromatic N) is 4. The summed E-state index contributed by atoms with van der Waals surface area (Å²) in [5.41, 5.74) is 3.30. The molecule has 0 aliphatic heterocycles. The fourth-order valence-electron chi connectivity index (χ4n) is 4.48. The molecular weight excluding hydrogens is 477 g/mol. The third kappa shape index (κ3) is 6.29.